The van der Waals surface area contributed by atoms with E-state index in [0.29, 0.717) is 73.6 Å². The minimum absolute atomic E-state index is 0.0327. The number of hydrogen-bond acceptors (Lipinski definition) is 12. The van der Waals surface area contributed by atoms with Gasteiger partial charge in [-0.25, -0.2) is 15.0 Å². The number of ether oxygens (including phenoxy) is 3. The van der Waals surface area contributed by atoms with Gasteiger partial charge in [0.15, 0.2) is 23.5 Å². The lowest BCUT2D eigenvalue weighted by Crippen LogP contribution is -2.39. The van der Waals surface area contributed by atoms with Crippen molar-refractivity contribution < 1.29 is 33.4 Å². The second kappa shape index (κ2) is 18.2. The van der Waals surface area contributed by atoms with E-state index < -0.39 is 30.3 Å². The fourth-order valence-corrected chi connectivity index (χ4v) is 9.43. The van der Waals surface area contributed by atoms with Crippen LogP contribution in [0.15, 0.2) is 12.7 Å². The Morgan fingerprint density at radius 1 is 0.906 bits per heavy atom. The second-order valence-corrected chi connectivity index (χ2v) is 16.3. The van der Waals surface area contributed by atoms with Gasteiger partial charge in [0.1, 0.15) is 30.2 Å². The zero-order valence-corrected chi connectivity index (χ0v) is 31.7. The molecule has 0 aromatic carbocycles. The molecule has 6 N–H and O–H groups in total. The molecular weight excluding hydrogens is 703 g/mol. The third-order valence-corrected chi connectivity index (χ3v) is 12.1. The van der Waals surface area contributed by atoms with Crippen LogP contribution in [0.3, 0.4) is 0 Å². The zero-order valence-electron chi connectivity index (χ0n) is 30.8. The number of thioether (sulfide) groups is 1. The Hall–Kier alpha value is -3.54. The molecule has 7 atom stereocenters. The van der Waals surface area contributed by atoms with Crippen LogP contribution in [0.25, 0.3) is 11.2 Å². The number of nitrogens with two attached hydrogens (primary N) is 1. The number of rotatable bonds is 20. The minimum Gasteiger partial charge on any atom is -0.382 e. The highest BCUT2D eigenvalue weighted by Gasteiger charge is 2.56. The van der Waals surface area contributed by atoms with Crippen molar-refractivity contribution in [3.8, 4) is 0 Å². The second-order valence-electron chi connectivity index (χ2n) is 15.0. The van der Waals surface area contributed by atoms with E-state index in [4.69, 9.17) is 19.9 Å². The Morgan fingerprint density at radius 2 is 1.57 bits per heavy atom. The van der Waals surface area contributed by atoms with E-state index in [1.165, 1.54) is 6.33 Å². The number of hydrogen-bond donors (Lipinski definition) is 5. The Balaban J connectivity index is 0.758. The van der Waals surface area contributed by atoms with Gasteiger partial charge in [-0.2, -0.15) is 11.8 Å². The van der Waals surface area contributed by atoms with Gasteiger partial charge in [0.05, 0.1) is 6.33 Å². The lowest BCUT2D eigenvalue weighted by molar-refractivity contribution is -0.195. The SMILES string of the molecule is CC1(C)O[C@@H]2[C@H](O1)[C@@H](CNC(=O)CCCCCNC(=O)CCCCCNC(=O)CCCC[C@@H]1SC[C@@H]3NC(=O)C[C@@H]31)O[C@H]2n1cnc2c(N)ncnc21. The molecule has 4 amide bonds. The smallest absolute Gasteiger partial charge is 0.220 e. The van der Waals surface area contributed by atoms with Crippen LogP contribution in [-0.2, 0) is 33.4 Å². The van der Waals surface area contributed by atoms with Crippen molar-refractivity contribution in [3.63, 3.8) is 0 Å². The number of anilines is 1. The summed E-state index contributed by atoms with van der Waals surface area (Å²) in [7, 11) is 0. The predicted molar refractivity (Wildman–Crippen MR) is 198 cm³/mol. The molecule has 6 heterocycles. The number of carbonyl (C=O) groups excluding carboxylic acids is 4. The van der Waals surface area contributed by atoms with E-state index in [-0.39, 0.29) is 36.0 Å². The van der Waals surface area contributed by atoms with Crippen LogP contribution >= 0.6 is 11.8 Å². The highest BCUT2D eigenvalue weighted by Crippen LogP contribution is 2.44. The lowest BCUT2D eigenvalue weighted by Gasteiger charge is -2.25. The fourth-order valence-electron chi connectivity index (χ4n) is 7.78. The first-order chi connectivity index (χ1) is 25.6. The van der Waals surface area contributed by atoms with Crippen molar-refractivity contribution in [2.45, 2.75) is 139 Å². The summed E-state index contributed by atoms with van der Waals surface area (Å²) in [5, 5.41) is 12.6. The molecule has 0 radical (unpaired) electrons. The topological polar surface area (TPSA) is 214 Å². The highest BCUT2D eigenvalue weighted by atomic mass is 32.2. The molecule has 0 spiro atoms. The number of amides is 4. The first-order valence-corrected chi connectivity index (χ1v) is 20.3. The summed E-state index contributed by atoms with van der Waals surface area (Å²) in [5.41, 5.74) is 6.99. The van der Waals surface area contributed by atoms with E-state index in [2.05, 4.69) is 36.2 Å². The summed E-state index contributed by atoms with van der Waals surface area (Å²) in [6.45, 7) is 5.19. The average Bonchev–Trinajstić information content (AvgIpc) is 3.93. The molecule has 4 aliphatic rings. The number of imidazole rings is 1. The monoisotopic (exact) mass is 757 g/mol. The first-order valence-electron chi connectivity index (χ1n) is 19.2. The first kappa shape index (κ1) is 39.2. The molecule has 2 aromatic heterocycles. The molecule has 16 nitrogen and oxygen atoms in total. The van der Waals surface area contributed by atoms with E-state index in [0.717, 1.165) is 57.1 Å². The average molecular weight is 758 g/mol. The standard InChI is InChI=1S/C36H55N9O7S/c1-36(2)51-31-24(50-35(32(31)52-36)45-21-43-30-33(37)41-20-42-34(30)45)18-40-28(48)13-6-4-10-15-38-26(46)12-5-3-9-16-39-27(47)14-8-7-11-25-22-17-29(49)44-23(22)19-53-25/h20-25,31-32,35H,3-19H2,1-2H3,(H,38,46)(H,39,47)(H,40,48)(H,44,49)(H2,37,41,42)/t22-,23-,24+,25-,31+,32+,35+/m0/s1. The molecule has 4 aliphatic heterocycles. The third-order valence-electron chi connectivity index (χ3n) is 10.5. The van der Waals surface area contributed by atoms with E-state index in [1.807, 2.05) is 25.6 Å². The third kappa shape index (κ3) is 10.4. The molecule has 53 heavy (non-hydrogen) atoms. The largest absolute Gasteiger partial charge is 0.382 e. The maximum atomic E-state index is 12.7. The van der Waals surface area contributed by atoms with Crippen LogP contribution in [0.2, 0.25) is 0 Å². The Labute approximate surface area is 314 Å². The number of carbonyl (C=O) groups is 4. The van der Waals surface area contributed by atoms with Crippen molar-refractivity contribution in [1.82, 2.24) is 40.8 Å². The van der Waals surface area contributed by atoms with Crippen molar-refractivity contribution in [2.24, 2.45) is 5.92 Å². The van der Waals surface area contributed by atoms with Crippen molar-refractivity contribution in [2.75, 3.05) is 31.1 Å². The van der Waals surface area contributed by atoms with Crippen molar-refractivity contribution in [1.29, 1.82) is 0 Å². The number of nitrogens with zero attached hydrogens (tertiary/aromatic N) is 4. The molecule has 292 valence electrons. The van der Waals surface area contributed by atoms with Crippen LogP contribution in [0.5, 0.6) is 0 Å². The minimum atomic E-state index is -0.809. The van der Waals surface area contributed by atoms with Crippen molar-refractivity contribution >= 4 is 52.4 Å². The van der Waals surface area contributed by atoms with Gasteiger partial charge in [-0.3, -0.25) is 23.7 Å². The number of aromatic nitrogens is 4. The summed E-state index contributed by atoms with van der Waals surface area (Å²) < 4.78 is 20.5. The van der Waals surface area contributed by atoms with E-state index in [9.17, 15) is 19.2 Å². The maximum absolute atomic E-state index is 12.7. The van der Waals surface area contributed by atoms with Crippen LogP contribution < -0.4 is 27.0 Å². The normalized spacial score (nSPS) is 27.1. The Kier molecular flexibility index (Phi) is 13.4. The highest BCUT2D eigenvalue weighted by molar-refractivity contribution is 8.00. The molecule has 6 rings (SSSR count). The molecule has 2 aromatic rings. The quantitative estimate of drug-likeness (QED) is 0.123. The maximum Gasteiger partial charge on any atom is 0.220 e. The molecule has 0 aliphatic carbocycles. The van der Waals surface area contributed by atoms with Gasteiger partial charge in [0, 0.05) is 68.3 Å². The number of nitrogen functional groups attached to an aromatic ring is 1. The number of unbranched alkanes of at least 4 members (excludes halogenated alkanes) is 5. The molecule has 4 saturated heterocycles. The molecule has 0 unspecified atom stereocenters. The molecular formula is C36H55N9O7S. The van der Waals surface area contributed by atoms with Crippen molar-refractivity contribution in [3.05, 3.63) is 12.7 Å². The summed E-state index contributed by atoms with van der Waals surface area (Å²) >= 11 is 1.96. The van der Waals surface area contributed by atoms with Gasteiger partial charge < -0.3 is 41.2 Å². The van der Waals surface area contributed by atoms with E-state index >= 15 is 0 Å². The summed E-state index contributed by atoms with van der Waals surface area (Å²) in [6.07, 6.45) is 11.0. The van der Waals surface area contributed by atoms with Crippen LogP contribution in [0, 0.1) is 5.92 Å². The van der Waals surface area contributed by atoms with Crippen LogP contribution in [0.4, 0.5) is 5.82 Å². The number of fused-ring (bicyclic) bond motifs is 3. The van der Waals surface area contributed by atoms with Gasteiger partial charge in [-0.05, 0) is 52.4 Å². The number of nitrogens with one attached hydrogen (secondary N) is 4. The lowest BCUT2D eigenvalue weighted by atomic mass is 9.94. The van der Waals surface area contributed by atoms with Gasteiger partial charge >= 0.3 is 0 Å². The molecule has 4 fully saturated rings. The summed E-state index contributed by atoms with van der Waals surface area (Å²) in [6, 6.07) is 0.348. The van der Waals surface area contributed by atoms with Gasteiger partial charge in [0.2, 0.25) is 23.6 Å². The van der Waals surface area contributed by atoms with E-state index in [1.54, 1.807) is 10.9 Å². The van der Waals surface area contributed by atoms with Crippen LogP contribution in [-0.4, -0.2) is 104 Å². The summed E-state index contributed by atoms with van der Waals surface area (Å²) in [4.78, 5) is 61.4. The molecule has 0 saturated carbocycles. The van der Waals surface area contributed by atoms with Gasteiger partial charge in [0.25, 0.3) is 0 Å². The Morgan fingerprint density at radius 3 is 2.28 bits per heavy atom. The summed E-state index contributed by atoms with van der Waals surface area (Å²) in [5.74, 6) is 1.18. The fraction of sp³-hybridized carbons (Fsp3) is 0.750. The Bertz CT molecular complexity index is 1590. The predicted octanol–water partition coefficient (Wildman–Crippen LogP) is 2.48. The van der Waals surface area contributed by atoms with Crippen LogP contribution in [0.1, 0.15) is 104 Å². The zero-order chi connectivity index (χ0) is 37.4. The molecule has 17 heteroatoms. The van der Waals surface area contributed by atoms with Gasteiger partial charge in [-0.1, -0.05) is 19.3 Å². The van der Waals surface area contributed by atoms with Gasteiger partial charge in [-0.15, -0.1) is 0 Å². The molecule has 0 bridgehead atoms.